The molecule has 0 bridgehead atoms. The van der Waals surface area contributed by atoms with Crippen LogP contribution in [0.4, 0.5) is 5.69 Å². The van der Waals surface area contributed by atoms with Crippen LogP contribution in [0.2, 0.25) is 0 Å². The van der Waals surface area contributed by atoms with E-state index in [0.29, 0.717) is 28.6 Å². The summed E-state index contributed by atoms with van der Waals surface area (Å²) in [6.07, 6.45) is 1.79. The van der Waals surface area contributed by atoms with Gasteiger partial charge < -0.3 is 5.32 Å². The third kappa shape index (κ3) is 4.12. The van der Waals surface area contributed by atoms with Crippen molar-refractivity contribution in [1.82, 2.24) is 15.2 Å². The summed E-state index contributed by atoms with van der Waals surface area (Å²) < 4.78 is 0. The highest BCUT2D eigenvalue weighted by atomic mass is 32.2. The highest BCUT2D eigenvalue weighted by molar-refractivity contribution is 7.99. The van der Waals surface area contributed by atoms with Gasteiger partial charge in [-0.15, -0.1) is 0 Å². The minimum absolute atomic E-state index is 0.0953. The number of amides is 1. The Kier molecular flexibility index (Phi) is 4.53. The first-order valence-corrected chi connectivity index (χ1v) is 6.54. The van der Waals surface area contributed by atoms with E-state index in [1.165, 1.54) is 18.1 Å². The van der Waals surface area contributed by atoms with Crippen molar-refractivity contribution in [3.8, 4) is 6.07 Å². The zero-order valence-electron chi connectivity index (χ0n) is 9.96. The van der Waals surface area contributed by atoms with Gasteiger partial charge in [0, 0.05) is 17.9 Å². The SMILES string of the molecule is N#Cc1cccc(NC(=O)CCSc2ncn[nH]2)c1. The molecule has 2 N–H and O–H groups in total. The zero-order chi connectivity index (χ0) is 13.5. The average Bonchev–Trinajstić information content (AvgIpc) is 2.92. The number of H-pyrrole nitrogens is 1. The Morgan fingerprint density at radius 1 is 1.53 bits per heavy atom. The van der Waals surface area contributed by atoms with Gasteiger partial charge >= 0.3 is 0 Å². The first kappa shape index (κ1) is 13.1. The fourth-order valence-electron chi connectivity index (χ4n) is 1.39. The molecule has 0 aliphatic rings. The first-order chi connectivity index (χ1) is 9.28. The number of aromatic nitrogens is 3. The molecule has 96 valence electrons. The predicted octanol–water partition coefficient (Wildman–Crippen LogP) is 1.80. The number of nitrogens with zero attached hydrogens (tertiary/aromatic N) is 3. The van der Waals surface area contributed by atoms with Crippen molar-refractivity contribution in [3.63, 3.8) is 0 Å². The van der Waals surface area contributed by atoms with Crippen LogP contribution in [0, 0.1) is 11.3 Å². The number of hydrogen-bond acceptors (Lipinski definition) is 5. The van der Waals surface area contributed by atoms with Crippen molar-refractivity contribution in [2.24, 2.45) is 0 Å². The number of nitriles is 1. The molecule has 0 fully saturated rings. The molecule has 19 heavy (non-hydrogen) atoms. The van der Waals surface area contributed by atoms with Crippen LogP contribution in [0.5, 0.6) is 0 Å². The van der Waals surface area contributed by atoms with Gasteiger partial charge in [-0.3, -0.25) is 9.89 Å². The Morgan fingerprint density at radius 2 is 2.42 bits per heavy atom. The summed E-state index contributed by atoms with van der Waals surface area (Å²) in [4.78, 5) is 15.6. The number of rotatable bonds is 5. The van der Waals surface area contributed by atoms with Gasteiger partial charge in [0.25, 0.3) is 0 Å². The lowest BCUT2D eigenvalue weighted by Gasteiger charge is -2.04. The van der Waals surface area contributed by atoms with Gasteiger partial charge in [-0.05, 0) is 18.2 Å². The molecule has 1 aromatic heterocycles. The van der Waals surface area contributed by atoms with Crippen molar-refractivity contribution < 1.29 is 4.79 Å². The van der Waals surface area contributed by atoms with Gasteiger partial charge in [0.1, 0.15) is 6.33 Å². The molecule has 1 aromatic carbocycles. The maximum atomic E-state index is 11.7. The van der Waals surface area contributed by atoms with Crippen LogP contribution >= 0.6 is 11.8 Å². The largest absolute Gasteiger partial charge is 0.326 e. The van der Waals surface area contributed by atoms with Crippen molar-refractivity contribution in [1.29, 1.82) is 5.26 Å². The third-order valence-corrected chi connectivity index (χ3v) is 3.11. The molecule has 0 unspecified atom stereocenters. The normalized spacial score (nSPS) is 9.84. The summed E-state index contributed by atoms with van der Waals surface area (Å²) in [5.41, 5.74) is 1.16. The molecule has 0 radical (unpaired) electrons. The van der Waals surface area contributed by atoms with Gasteiger partial charge in [-0.2, -0.15) is 10.4 Å². The molecule has 2 rings (SSSR count). The van der Waals surface area contributed by atoms with Gasteiger partial charge in [0.2, 0.25) is 5.91 Å². The Bertz CT molecular complexity index is 590. The number of carbonyl (C=O) groups is 1. The van der Waals surface area contributed by atoms with Crippen molar-refractivity contribution >= 4 is 23.4 Å². The topological polar surface area (TPSA) is 94.5 Å². The van der Waals surface area contributed by atoms with Crippen LogP contribution in [0.3, 0.4) is 0 Å². The standard InChI is InChI=1S/C12H11N5OS/c13-7-9-2-1-3-10(6-9)16-11(18)4-5-19-12-14-8-15-17-12/h1-3,6,8H,4-5H2,(H,16,18)(H,14,15,17). The van der Waals surface area contributed by atoms with Crippen LogP contribution in [-0.2, 0) is 4.79 Å². The molecular formula is C12H11N5OS. The second-order valence-electron chi connectivity index (χ2n) is 3.63. The minimum Gasteiger partial charge on any atom is -0.326 e. The summed E-state index contributed by atoms with van der Waals surface area (Å²) in [7, 11) is 0. The molecule has 6 nitrogen and oxygen atoms in total. The fraction of sp³-hybridized carbons (Fsp3) is 0.167. The van der Waals surface area contributed by atoms with Crippen LogP contribution in [0.1, 0.15) is 12.0 Å². The van der Waals surface area contributed by atoms with Gasteiger partial charge in [-0.25, -0.2) is 4.98 Å². The van der Waals surface area contributed by atoms with E-state index in [2.05, 4.69) is 20.5 Å². The lowest BCUT2D eigenvalue weighted by Crippen LogP contribution is -2.12. The van der Waals surface area contributed by atoms with Gasteiger partial charge in [0.05, 0.1) is 11.6 Å². The maximum absolute atomic E-state index is 11.7. The molecule has 1 heterocycles. The van der Waals surface area contributed by atoms with Crippen LogP contribution in [0.15, 0.2) is 35.7 Å². The van der Waals surface area contributed by atoms with Crippen LogP contribution in [-0.4, -0.2) is 26.8 Å². The van der Waals surface area contributed by atoms with Crippen molar-refractivity contribution in [3.05, 3.63) is 36.2 Å². The molecule has 0 aliphatic heterocycles. The first-order valence-electron chi connectivity index (χ1n) is 5.56. The Morgan fingerprint density at radius 3 is 3.16 bits per heavy atom. The predicted molar refractivity (Wildman–Crippen MR) is 71.5 cm³/mol. The molecule has 7 heteroatoms. The van der Waals surface area contributed by atoms with E-state index >= 15 is 0 Å². The van der Waals surface area contributed by atoms with E-state index in [0.717, 1.165) is 0 Å². The number of benzene rings is 1. The number of hydrogen-bond donors (Lipinski definition) is 2. The van der Waals surface area contributed by atoms with Crippen molar-refractivity contribution in [2.75, 3.05) is 11.1 Å². The van der Waals surface area contributed by atoms with Gasteiger partial charge in [0.15, 0.2) is 5.16 Å². The molecule has 2 aromatic rings. The summed E-state index contributed by atoms with van der Waals surface area (Å²) in [6, 6.07) is 8.84. The lowest BCUT2D eigenvalue weighted by molar-refractivity contribution is -0.115. The maximum Gasteiger partial charge on any atom is 0.225 e. The number of thioether (sulfide) groups is 1. The van der Waals surface area contributed by atoms with Gasteiger partial charge in [-0.1, -0.05) is 17.8 Å². The molecule has 0 atom stereocenters. The Balaban J connectivity index is 1.79. The van der Waals surface area contributed by atoms with E-state index in [9.17, 15) is 4.79 Å². The third-order valence-electron chi connectivity index (χ3n) is 2.24. The number of aromatic amines is 1. The van der Waals surface area contributed by atoms with E-state index < -0.39 is 0 Å². The van der Waals surface area contributed by atoms with E-state index in [-0.39, 0.29) is 5.91 Å². The monoisotopic (exact) mass is 273 g/mol. The second-order valence-corrected chi connectivity index (χ2v) is 4.71. The van der Waals surface area contributed by atoms with Crippen LogP contribution < -0.4 is 5.32 Å². The smallest absolute Gasteiger partial charge is 0.225 e. The molecule has 0 aliphatic carbocycles. The fourth-order valence-corrected chi connectivity index (χ4v) is 2.11. The molecule has 0 spiro atoms. The van der Waals surface area contributed by atoms with E-state index in [4.69, 9.17) is 5.26 Å². The summed E-state index contributed by atoms with van der Waals surface area (Å²) in [5, 5.41) is 18.6. The molecule has 0 saturated heterocycles. The van der Waals surface area contributed by atoms with E-state index in [1.54, 1.807) is 24.3 Å². The molecule has 1 amide bonds. The highest BCUT2D eigenvalue weighted by Gasteiger charge is 2.04. The van der Waals surface area contributed by atoms with Crippen molar-refractivity contribution in [2.45, 2.75) is 11.6 Å². The number of nitrogens with one attached hydrogen (secondary N) is 2. The Hall–Kier alpha value is -2.33. The zero-order valence-corrected chi connectivity index (χ0v) is 10.8. The Labute approximate surface area is 114 Å². The second kappa shape index (κ2) is 6.56. The quantitative estimate of drug-likeness (QED) is 0.810. The minimum atomic E-state index is -0.0953. The number of anilines is 1. The number of carbonyl (C=O) groups excluding carboxylic acids is 1. The summed E-state index contributed by atoms with van der Waals surface area (Å²) in [5.74, 6) is 0.515. The average molecular weight is 273 g/mol. The lowest BCUT2D eigenvalue weighted by atomic mass is 10.2. The molecular weight excluding hydrogens is 262 g/mol. The molecule has 0 saturated carbocycles. The summed E-state index contributed by atoms with van der Waals surface area (Å²) >= 11 is 1.43. The summed E-state index contributed by atoms with van der Waals surface area (Å²) in [6.45, 7) is 0. The van der Waals surface area contributed by atoms with E-state index in [1.807, 2.05) is 6.07 Å². The van der Waals surface area contributed by atoms with Crippen LogP contribution in [0.25, 0.3) is 0 Å². The highest BCUT2D eigenvalue weighted by Crippen LogP contribution is 2.13.